The molecule has 16 nitrogen and oxygen atoms in total. The van der Waals surface area contributed by atoms with Crippen molar-refractivity contribution >= 4 is 60.2 Å². The van der Waals surface area contributed by atoms with Crippen molar-refractivity contribution < 1.29 is 75.1 Å². The van der Waals surface area contributed by atoms with Gasteiger partial charge in [-0.2, -0.15) is 49.6 Å². The Balaban J connectivity index is 1.43. The molecule has 410 valence electrons. The first-order chi connectivity index (χ1) is 34.6. The zero-order valence-corrected chi connectivity index (χ0v) is 42.7. The molecule has 3 heterocycles. The maximum absolute atomic E-state index is 15.6. The van der Waals surface area contributed by atoms with Gasteiger partial charge in [0.25, 0.3) is 5.92 Å². The first-order valence-electron chi connectivity index (χ1n) is 23.0. The van der Waals surface area contributed by atoms with Crippen LogP contribution >= 0.6 is 11.6 Å². The minimum atomic E-state index is -5.21. The number of hydrogen-bond donors (Lipinski definition) is 3. The predicted molar refractivity (Wildman–Crippen MR) is 254 cm³/mol. The highest BCUT2D eigenvalue weighted by atomic mass is 35.5. The highest BCUT2D eigenvalue weighted by molar-refractivity contribution is 7.92. The summed E-state index contributed by atoms with van der Waals surface area (Å²) in [5, 5.41) is 8.77. The van der Waals surface area contributed by atoms with Crippen LogP contribution in [0.2, 0.25) is 5.02 Å². The number of ether oxygens (including phenoxy) is 1. The fourth-order valence-electron chi connectivity index (χ4n) is 9.07. The molecule has 1 unspecified atom stereocenters. The quantitative estimate of drug-likeness (QED) is 0.0495. The summed E-state index contributed by atoms with van der Waals surface area (Å²) >= 11 is 6.67. The van der Waals surface area contributed by atoms with Gasteiger partial charge < -0.3 is 21.5 Å². The summed E-state index contributed by atoms with van der Waals surface area (Å²) in [6.07, 6.45) is -10.3. The lowest BCUT2D eigenvalue weighted by Crippen LogP contribution is -2.39. The number of nitrogens with zero attached hydrogens (tertiary/aromatic N) is 6. The molecule has 2 aliphatic carbocycles. The van der Waals surface area contributed by atoms with Crippen LogP contribution in [0.5, 0.6) is 0 Å². The van der Waals surface area contributed by atoms with Crippen LogP contribution in [-0.4, -0.2) is 96.0 Å². The van der Waals surface area contributed by atoms with Gasteiger partial charge in [0.2, 0.25) is 15.9 Å². The monoisotopic (exact) mass is 1130 g/mol. The number of hydrogen-bond acceptors (Lipinski definition) is 12. The Morgan fingerprint density at radius 2 is 1.61 bits per heavy atom. The number of fused-ring (bicyclic) bond motifs is 4. The Hall–Kier alpha value is -5.58. The SMILES string of the molecule is CC(C)(CCc1ccc(-c2ccc(Cl)c3c(N(C(=O)OC[C@@H](N)CCCCN)S(C)(=O)=O)nn(CC(F)(F)F)c23)c([C@H](Cc2cc(F)cc(F)c2)NC(=O)Cn2nc(C(F)(F)F)c3c2C(F)(F)C2C[C@H]32)n1)S(C)(=O)=O. The van der Waals surface area contributed by atoms with E-state index in [2.05, 4.69) is 15.5 Å². The molecule has 5 N–H and O–H groups in total. The van der Waals surface area contributed by atoms with Crippen LogP contribution in [0.4, 0.5) is 54.5 Å². The second-order valence-corrected chi connectivity index (χ2v) is 24.2. The van der Waals surface area contributed by atoms with Gasteiger partial charge in [-0.15, -0.1) is 0 Å². The molecule has 29 heteroatoms. The Morgan fingerprint density at radius 1 is 0.960 bits per heavy atom. The molecular weight excluding hydrogens is 1080 g/mol. The minimum absolute atomic E-state index is 0.0268. The van der Waals surface area contributed by atoms with E-state index >= 15 is 8.78 Å². The van der Waals surface area contributed by atoms with E-state index < -0.39 is 155 Å². The van der Waals surface area contributed by atoms with E-state index in [-0.39, 0.29) is 67.4 Å². The summed E-state index contributed by atoms with van der Waals surface area (Å²) < 4.78 is 204. The summed E-state index contributed by atoms with van der Waals surface area (Å²) in [6, 6.07) is 4.40. The Kier molecular flexibility index (Phi) is 15.8. The summed E-state index contributed by atoms with van der Waals surface area (Å²) in [7, 11) is -8.59. The fraction of sp³-hybridized carbons (Fsp3) is 0.500. The number of halogens is 11. The third-order valence-corrected chi connectivity index (χ3v) is 16.6. The van der Waals surface area contributed by atoms with Gasteiger partial charge >= 0.3 is 18.4 Å². The van der Waals surface area contributed by atoms with Crippen molar-refractivity contribution in [3.8, 4) is 11.1 Å². The lowest BCUT2D eigenvalue weighted by molar-refractivity contribution is -0.143. The zero-order valence-electron chi connectivity index (χ0n) is 40.3. The Morgan fingerprint density at radius 3 is 2.21 bits per heavy atom. The number of pyridine rings is 1. The maximum atomic E-state index is 15.6. The molecule has 1 saturated carbocycles. The molecule has 2 amide bonds. The molecule has 1 fully saturated rings. The van der Waals surface area contributed by atoms with Crippen molar-refractivity contribution in [3.05, 3.63) is 93.0 Å². The third kappa shape index (κ3) is 12.3. The van der Waals surface area contributed by atoms with Crippen molar-refractivity contribution in [2.75, 3.05) is 30.0 Å². The Labute approximate surface area is 428 Å². The number of amides is 2. The number of aromatic nitrogens is 5. The van der Waals surface area contributed by atoms with Crippen LogP contribution < -0.4 is 21.1 Å². The summed E-state index contributed by atoms with van der Waals surface area (Å²) in [5.41, 5.74) is 6.33. The molecule has 5 aromatic rings. The normalized spacial score (nSPS) is 17.4. The first-order valence-corrected chi connectivity index (χ1v) is 27.1. The molecule has 0 bridgehead atoms. The van der Waals surface area contributed by atoms with E-state index in [0.29, 0.717) is 31.7 Å². The van der Waals surface area contributed by atoms with E-state index in [9.17, 15) is 61.5 Å². The lowest BCUT2D eigenvalue weighted by Gasteiger charge is -2.25. The largest absolute Gasteiger partial charge is 0.447 e. The van der Waals surface area contributed by atoms with Crippen molar-refractivity contribution in [3.63, 3.8) is 0 Å². The molecule has 4 atom stereocenters. The first kappa shape index (κ1) is 57.1. The number of nitrogens with two attached hydrogens (primary N) is 2. The third-order valence-electron chi connectivity index (χ3n) is 13.1. The number of unbranched alkanes of at least 4 members (excludes halogenated alkanes) is 1. The summed E-state index contributed by atoms with van der Waals surface area (Å²) in [6.45, 7) is -0.664. The highest BCUT2D eigenvalue weighted by Gasteiger charge is 2.68. The Bertz CT molecular complexity index is 3240. The van der Waals surface area contributed by atoms with Gasteiger partial charge in [-0.3, -0.25) is 19.1 Å². The minimum Gasteiger partial charge on any atom is -0.447 e. The molecule has 75 heavy (non-hydrogen) atoms. The van der Waals surface area contributed by atoms with E-state index in [0.717, 1.165) is 30.5 Å². The second kappa shape index (κ2) is 20.8. The molecule has 2 aliphatic rings. The molecular formula is C46H50ClF10N9O7S2. The number of carbonyl (C=O) groups excluding carboxylic acids is 2. The molecule has 0 aliphatic heterocycles. The average Bonchev–Trinajstić information content (AvgIpc) is 3.79. The number of anilines is 1. The standard InChI is InChI=1S/C46H50ClF10N9O7S2/c1-43(2,74(3,69)70)13-12-27-8-9-28(29-10-11-32(47)36-38(29)65(22-44(50,51)52)63-41(36)66(75(4,71)72)42(68)73-21-26(59)7-5-6-14-58)37(60-27)33(17-23-15-24(48)18-25(49)16-23)61-34(67)20-64-40-35(39(62-64)46(55,56)57)30-19-31(30)45(40,53)54/h8-11,15-16,18,26,30-31,33H,5-7,12-14,17,19-22,58-59H2,1-4H3,(H,61,67)/t26-,30-,31?,33-/m0/s1. The van der Waals surface area contributed by atoms with E-state index in [1.165, 1.54) is 26.0 Å². The van der Waals surface area contributed by atoms with E-state index in [1.807, 2.05) is 0 Å². The number of carbonyl (C=O) groups is 2. The van der Waals surface area contributed by atoms with Crippen molar-refractivity contribution in [1.82, 2.24) is 29.9 Å². The van der Waals surface area contributed by atoms with Crippen molar-refractivity contribution in [2.45, 2.75) is 113 Å². The number of aryl methyl sites for hydroxylation is 1. The molecule has 0 radical (unpaired) electrons. The topological polar surface area (TPSA) is 227 Å². The number of alkyl halides is 8. The van der Waals surface area contributed by atoms with Gasteiger partial charge in [-0.1, -0.05) is 30.2 Å². The molecule has 0 saturated heterocycles. The summed E-state index contributed by atoms with van der Waals surface area (Å²) in [5.74, 6) is -11.0. The van der Waals surface area contributed by atoms with Gasteiger partial charge in [-0.05, 0) is 94.7 Å². The molecule has 3 aromatic heterocycles. The van der Waals surface area contributed by atoms with Crippen LogP contribution in [-0.2, 0) is 67.4 Å². The summed E-state index contributed by atoms with van der Waals surface area (Å²) in [4.78, 5) is 32.7. The molecule has 0 spiro atoms. The maximum Gasteiger partial charge on any atom is 0.435 e. The van der Waals surface area contributed by atoms with E-state index in [4.69, 9.17) is 32.8 Å². The lowest BCUT2D eigenvalue weighted by atomic mass is 9.93. The van der Waals surface area contributed by atoms with Crippen molar-refractivity contribution in [1.29, 1.82) is 0 Å². The van der Waals surface area contributed by atoms with Crippen LogP contribution in [0.1, 0.15) is 91.8 Å². The van der Waals surface area contributed by atoms with Gasteiger partial charge in [0.15, 0.2) is 21.3 Å². The average molecular weight is 1130 g/mol. The van der Waals surface area contributed by atoms with Gasteiger partial charge in [0.05, 0.1) is 38.7 Å². The van der Waals surface area contributed by atoms with Crippen LogP contribution in [0.25, 0.3) is 22.0 Å². The van der Waals surface area contributed by atoms with Crippen LogP contribution in [0.15, 0.2) is 42.5 Å². The highest BCUT2D eigenvalue weighted by Crippen LogP contribution is 2.68. The van der Waals surface area contributed by atoms with Crippen LogP contribution in [0, 0.1) is 17.6 Å². The van der Waals surface area contributed by atoms with Crippen LogP contribution in [0.3, 0.4) is 0 Å². The zero-order chi connectivity index (χ0) is 55.5. The number of benzene rings is 2. The number of rotatable bonds is 20. The smallest absolute Gasteiger partial charge is 0.435 e. The number of nitrogens with one attached hydrogen (secondary N) is 1. The predicted octanol–water partition coefficient (Wildman–Crippen LogP) is 8.23. The molecule has 2 aromatic carbocycles. The fourth-order valence-corrected chi connectivity index (χ4v) is 10.5. The van der Waals surface area contributed by atoms with Gasteiger partial charge in [-0.25, -0.2) is 30.4 Å². The number of sulfone groups is 1. The number of sulfonamides is 1. The second-order valence-electron chi connectivity index (χ2n) is 19.3. The van der Waals surface area contributed by atoms with Gasteiger partial charge in [0.1, 0.15) is 37.0 Å². The molecule has 7 rings (SSSR count). The van der Waals surface area contributed by atoms with E-state index in [1.54, 1.807) is 0 Å². The van der Waals surface area contributed by atoms with Gasteiger partial charge in [0, 0.05) is 46.7 Å². The van der Waals surface area contributed by atoms with Crippen molar-refractivity contribution in [2.24, 2.45) is 17.4 Å².